The standard InChI is InChI=1S/C30H59N2/c1-4-7-9-11-13-15-17-19-21-23-25-30-31(26-6-3)28-29-32(30)27-24-22-20-18-16-14-12-10-8-5-2/h28-29H,4-27H2,1-3H3/q+1. The Morgan fingerprint density at radius 3 is 1.44 bits per heavy atom. The molecule has 0 bridgehead atoms. The van der Waals surface area contributed by atoms with Gasteiger partial charge in [0.2, 0.25) is 0 Å². The Balaban J connectivity index is 2.17. The summed E-state index contributed by atoms with van der Waals surface area (Å²) in [4.78, 5) is 0. The molecule has 0 saturated heterocycles. The molecule has 2 heteroatoms. The van der Waals surface area contributed by atoms with Crippen LogP contribution < -0.4 is 4.57 Å². The minimum Gasteiger partial charge on any atom is -0.234 e. The van der Waals surface area contributed by atoms with Gasteiger partial charge in [-0.15, -0.1) is 0 Å². The molecule has 0 aliphatic rings. The predicted octanol–water partition coefficient (Wildman–Crippen LogP) is 9.57. The lowest BCUT2D eigenvalue weighted by molar-refractivity contribution is -0.703. The minimum atomic E-state index is 1.18. The monoisotopic (exact) mass is 447 g/mol. The van der Waals surface area contributed by atoms with E-state index in [0.29, 0.717) is 0 Å². The molecule has 1 aromatic rings. The molecule has 0 radical (unpaired) electrons. The van der Waals surface area contributed by atoms with Crippen molar-refractivity contribution in [3.63, 3.8) is 0 Å². The molecule has 0 aliphatic carbocycles. The van der Waals surface area contributed by atoms with Crippen LogP contribution in [0.4, 0.5) is 0 Å². The van der Waals surface area contributed by atoms with Crippen LogP contribution in [0.2, 0.25) is 0 Å². The highest BCUT2D eigenvalue weighted by Crippen LogP contribution is 2.14. The van der Waals surface area contributed by atoms with E-state index in [9.17, 15) is 0 Å². The third-order valence-corrected chi connectivity index (χ3v) is 7.06. The van der Waals surface area contributed by atoms with Gasteiger partial charge in [-0.2, -0.15) is 0 Å². The number of unbranched alkanes of at least 4 members (excludes halogenated alkanes) is 18. The largest absolute Gasteiger partial charge is 0.256 e. The number of hydrogen-bond acceptors (Lipinski definition) is 0. The molecular formula is C30H59N2+. The van der Waals surface area contributed by atoms with Gasteiger partial charge in [0.05, 0.1) is 13.1 Å². The zero-order valence-electron chi connectivity index (χ0n) is 22.5. The van der Waals surface area contributed by atoms with Crippen LogP contribution in [-0.2, 0) is 19.5 Å². The van der Waals surface area contributed by atoms with Gasteiger partial charge in [-0.3, -0.25) is 0 Å². The Hall–Kier alpha value is -0.790. The first-order valence-electron chi connectivity index (χ1n) is 14.9. The fourth-order valence-electron chi connectivity index (χ4n) is 4.97. The summed E-state index contributed by atoms with van der Waals surface area (Å²) in [7, 11) is 0. The van der Waals surface area contributed by atoms with Crippen molar-refractivity contribution in [2.24, 2.45) is 0 Å². The van der Waals surface area contributed by atoms with E-state index < -0.39 is 0 Å². The minimum absolute atomic E-state index is 1.18. The molecule has 1 heterocycles. The molecule has 32 heavy (non-hydrogen) atoms. The quantitative estimate of drug-likeness (QED) is 0.110. The van der Waals surface area contributed by atoms with Crippen molar-refractivity contribution in [3.8, 4) is 0 Å². The predicted molar refractivity (Wildman–Crippen MR) is 142 cm³/mol. The van der Waals surface area contributed by atoms with Crippen LogP contribution in [-0.4, -0.2) is 4.57 Å². The highest BCUT2D eigenvalue weighted by atomic mass is 15.1. The van der Waals surface area contributed by atoms with Gasteiger partial charge in [-0.05, 0) is 25.7 Å². The number of imidazole rings is 1. The maximum absolute atomic E-state index is 2.58. The molecular weight excluding hydrogens is 388 g/mol. The first kappa shape index (κ1) is 29.2. The van der Waals surface area contributed by atoms with Crippen LogP contribution in [0.1, 0.15) is 161 Å². The van der Waals surface area contributed by atoms with Gasteiger partial charge in [-0.25, -0.2) is 9.13 Å². The molecule has 0 amide bonds. The Kier molecular flexibility index (Phi) is 20.1. The van der Waals surface area contributed by atoms with Crippen molar-refractivity contribution in [3.05, 3.63) is 18.2 Å². The highest BCUT2D eigenvalue weighted by Gasteiger charge is 2.15. The maximum atomic E-state index is 2.58. The fourth-order valence-corrected chi connectivity index (χ4v) is 4.97. The lowest BCUT2D eigenvalue weighted by atomic mass is 10.1. The van der Waals surface area contributed by atoms with Crippen LogP contribution in [0.25, 0.3) is 0 Å². The van der Waals surface area contributed by atoms with Crippen molar-refractivity contribution < 1.29 is 4.57 Å². The molecule has 0 spiro atoms. The first-order valence-corrected chi connectivity index (χ1v) is 14.9. The van der Waals surface area contributed by atoms with E-state index in [1.807, 2.05) is 0 Å². The second-order valence-corrected chi connectivity index (χ2v) is 10.2. The molecule has 0 N–H and O–H groups in total. The summed E-state index contributed by atoms with van der Waals surface area (Å²) in [5, 5.41) is 0. The zero-order chi connectivity index (χ0) is 23.1. The number of rotatable bonds is 24. The van der Waals surface area contributed by atoms with E-state index in [-0.39, 0.29) is 0 Å². The summed E-state index contributed by atoms with van der Waals surface area (Å²) in [6, 6.07) is 0. The second kappa shape index (κ2) is 22.0. The second-order valence-electron chi connectivity index (χ2n) is 10.2. The van der Waals surface area contributed by atoms with Crippen LogP contribution in [0.15, 0.2) is 12.4 Å². The fraction of sp³-hybridized carbons (Fsp3) is 0.900. The summed E-state index contributed by atoms with van der Waals surface area (Å²) in [6.45, 7) is 9.31. The molecule has 188 valence electrons. The van der Waals surface area contributed by atoms with E-state index in [1.165, 1.54) is 154 Å². The molecule has 1 aromatic heterocycles. The van der Waals surface area contributed by atoms with E-state index in [0.717, 1.165) is 0 Å². The topological polar surface area (TPSA) is 8.81 Å². The maximum Gasteiger partial charge on any atom is 0.256 e. The Labute approximate surface area is 202 Å². The molecule has 1 rings (SSSR count). The summed E-state index contributed by atoms with van der Waals surface area (Å²) >= 11 is 0. The first-order chi connectivity index (χ1) is 15.8. The summed E-state index contributed by atoms with van der Waals surface area (Å²) in [5.41, 5.74) is 0. The van der Waals surface area contributed by atoms with Crippen LogP contribution in [0.5, 0.6) is 0 Å². The van der Waals surface area contributed by atoms with Gasteiger partial charge < -0.3 is 0 Å². The van der Waals surface area contributed by atoms with Crippen LogP contribution in [0, 0.1) is 0 Å². The molecule has 0 saturated carbocycles. The Morgan fingerprint density at radius 1 is 0.531 bits per heavy atom. The molecule has 2 nitrogen and oxygen atoms in total. The normalized spacial score (nSPS) is 11.5. The molecule has 0 aliphatic heterocycles. The van der Waals surface area contributed by atoms with Gasteiger partial charge in [0.15, 0.2) is 0 Å². The third-order valence-electron chi connectivity index (χ3n) is 7.06. The molecule has 0 fully saturated rings. The van der Waals surface area contributed by atoms with Gasteiger partial charge >= 0.3 is 0 Å². The highest BCUT2D eigenvalue weighted by molar-refractivity contribution is 4.84. The van der Waals surface area contributed by atoms with Crippen LogP contribution in [0.3, 0.4) is 0 Å². The number of nitrogens with zero attached hydrogens (tertiary/aromatic N) is 2. The van der Waals surface area contributed by atoms with Crippen molar-refractivity contribution in [2.75, 3.05) is 0 Å². The number of hydrogen-bond donors (Lipinski definition) is 0. The smallest absolute Gasteiger partial charge is 0.234 e. The Bertz CT molecular complexity index is 505. The van der Waals surface area contributed by atoms with Gasteiger partial charge in [0, 0.05) is 6.42 Å². The van der Waals surface area contributed by atoms with E-state index in [1.54, 1.807) is 5.82 Å². The van der Waals surface area contributed by atoms with E-state index in [2.05, 4.69) is 42.3 Å². The SMILES string of the molecule is CCCCCCCCCCCCc1n(CCCCCCCCCCCC)cc[n+]1CCC. The van der Waals surface area contributed by atoms with Crippen molar-refractivity contribution >= 4 is 0 Å². The molecule has 0 unspecified atom stereocenters. The van der Waals surface area contributed by atoms with Crippen LogP contribution >= 0.6 is 0 Å². The van der Waals surface area contributed by atoms with E-state index in [4.69, 9.17) is 0 Å². The zero-order valence-corrected chi connectivity index (χ0v) is 22.5. The molecule has 0 atom stereocenters. The number of aryl methyl sites for hydroxylation is 2. The Morgan fingerprint density at radius 2 is 0.969 bits per heavy atom. The third kappa shape index (κ3) is 15.1. The summed E-state index contributed by atoms with van der Waals surface area (Å²) < 4.78 is 5.11. The lowest BCUT2D eigenvalue weighted by Crippen LogP contribution is -2.37. The molecule has 0 aromatic carbocycles. The van der Waals surface area contributed by atoms with Crippen molar-refractivity contribution in [2.45, 2.75) is 175 Å². The summed E-state index contributed by atoms with van der Waals surface area (Å²) in [6.07, 6.45) is 35.7. The van der Waals surface area contributed by atoms with Crippen molar-refractivity contribution in [1.82, 2.24) is 4.57 Å². The van der Waals surface area contributed by atoms with Gasteiger partial charge in [0.25, 0.3) is 5.82 Å². The van der Waals surface area contributed by atoms with Gasteiger partial charge in [-0.1, -0.05) is 130 Å². The average molecular weight is 448 g/mol. The number of aromatic nitrogens is 2. The summed E-state index contributed by atoms with van der Waals surface area (Å²) in [5.74, 6) is 1.59. The van der Waals surface area contributed by atoms with Crippen molar-refractivity contribution in [1.29, 1.82) is 0 Å². The van der Waals surface area contributed by atoms with E-state index >= 15 is 0 Å². The average Bonchev–Trinajstić information content (AvgIpc) is 3.18. The lowest BCUT2D eigenvalue weighted by Gasteiger charge is -2.06. The van der Waals surface area contributed by atoms with Gasteiger partial charge in [0.1, 0.15) is 12.4 Å².